The van der Waals surface area contributed by atoms with Crippen LogP contribution in [0.25, 0.3) is 11.1 Å². The lowest BCUT2D eigenvalue weighted by Gasteiger charge is -2.35. The molecule has 2 aliphatic carbocycles. The summed E-state index contributed by atoms with van der Waals surface area (Å²) in [4.78, 5) is 13.1. The molecule has 35 heavy (non-hydrogen) atoms. The third-order valence-electron chi connectivity index (χ3n) is 7.28. The number of allylic oxidation sites excluding steroid dienone is 5. The maximum Gasteiger partial charge on any atom is 0.232 e. The van der Waals surface area contributed by atoms with Crippen LogP contribution in [0.3, 0.4) is 0 Å². The highest BCUT2D eigenvalue weighted by molar-refractivity contribution is 6.04. The predicted molar refractivity (Wildman–Crippen MR) is 139 cm³/mol. The average Bonchev–Trinajstić information content (AvgIpc) is 3.22. The first-order chi connectivity index (χ1) is 17.1. The van der Waals surface area contributed by atoms with E-state index in [9.17, 15) is 4.79 Å². The van der Waals surface area contributed by atoms with Gasteiger partial charge in [0.05, 0.1) is 20.1 Å². The Labute approximate surface area is 207 Å². The number of ether oxygens (including phenoxy) is 2. The van der Waals surface area contributed by atoms with E-state index in [2.05, 4.69) is 36.5 Å². The Morgan fingerprint density at radius 3 is 2.06 bits per heavy atom. The van der Waals surface area contributed by atoms with Crippen molar-refractivity contribution in [1.82, 2.24) is 5.32 Å². The minimum atomic E-state index is -0.232. The van der Waals surface area contributed by atoms with Crippen LogP contribution in [-0.4, -0.2) is 20.1 Å². The number of methoxy groups -OCH3 is 2. The molecule has 1 saturated heterocycles. The van der Waals surface area contributed by atoms with Gasteiger partial charge in [-0.25, -0.2) is 0 Å². The minimum absolute atomic E-state index is 0.0288. The molecule has 0 saturated carbocycles. The fourth-order valence-electron chi connectivity index (χ4n) is 5.53. The van der Waals surface area contributed by atoms with E-state index in [1.54, 1.807) is 14.2 Å². The average molecular weight is 469 g/mol. The topological polar surface area (TPSA) is 73.6 Å². The molecule has 0 radical (unpaired) electrons. The molecule has 0 spiro atoms. The van der Waals surface area contributed by atoms with Crippen molar-refractivity contribution in [2.75, 3.05) is 14.2 Å². The van der Waals surface area contributed by atoms with Gasteiger partial charge in [-0.3, -0.25) is 4.79 Å². The SMILES string of the molecule is CCCCCC1=C2C(c3ccc(OC)cc3)=C(N)C(c3ccc(OC)cc3)=C3NC(=O)C(C=C1)C32. The first-order valence-electron chi connectivity index (χ1n) is 12.3. The number of carbonyl (C=O) groups excluding carboxylic acids is 1. The molecule has 180 valence electrons. The van der Waals surface area contributed by atoms with Gasteiger partial charge in [-0.1, -0.05) is 56.2 Å². The van der Waals surface area contributed by atoms with Crippen molar-refractivity contribution in [3.63, 3.8) is 0 Å². The number of carbonyl (C=O) groups is 1. The highest BCUT2D eigenvalue weighted by Crippen LogP contribution is 2.53. The van der Waals surface area contributed by atoms with Gasteiger partial charge >= 0.3 is 0 Å². The van der Waals surface area contributed by atoms with E-state index in [0.717, 1.165) is 58.7 Å². The fraction of sp³-hybridized carbons (Fsp3) is 0.300. The van der Waals surface area contributed by atoms with Crippen LogP contribution in [0.1, 0.15) is 43.7 Å². The Morgan fingerprint density at radius 2 is 1.49 bits per heavy atom. The number of hydrogen-bond acceptors (Lipinski definition) is 4. The van der Waals surface area contributed by atoms with Crippen LogP contribution in [0.2, 0.25) is 0 Å². The molecular weight excluding hydrogens is 436 g/mol. The lowest BCUT2D eigenvalue weighted by Crippen LogP contribution is -2.26. The first kappa shape index (κ1) is 23.0. The van der Waals surface area contributed by atoms with Gasteiger partial charge in [0, 0.05) is 28.5 Å². The Hall–Kier alpha value is -3.73. The Morgan fingerprint density at radius 1 is 0.886 bits per heavy atom. The molecule has 3 N–H and O–H groups in total. The molecule has 2 aromatic carbocycles. The van der Waals surface area contributed by atoms with Crippen LogP contribution >= 0.6 is 0 Å². The van der Waals surface area contributed by atoms with Crippen molar-refractivity contribution in [2.45, 2.75) is 32.6 Å². The summed E-state index contributed by atoms with van der Waals surface area (Å²) in [6.07, 6.45) is 8.65. The lowest BCUT2D eigenvalue weighted by molar-refractivity contribution is -0.121. The van der Waals surface area contributed by atoms with Crippen molar-refractivity contribution >= 4 is 17.1 Å². The van der Waals surface area contributed by atoms with E-state index in [4.69, 9.17) is 15.2 Å². The molecule has 5 rings (SSSR count). The van der Waals surface area contributed by atoms with Crippen molar-refractivity contribution < 1.29 is 14.3 Å². The maximum absolute atomic E-state index is 13.1. The predicted octanol–water partition coefficient (Wildman–Crippen LogP) is 5.61. The zero-order chi connectivity index (χ0) is 24.5. The van der Waals surface area contributed by atoms with Gasteiger partial charge < -0.3 is 20.5 Å². The quantitative estimate of drug-likeness (QED) is 0.494. The van der Waals surface area contributed by atoms with E-state index in [0.29, 0.717) is 5.70 Å². The van der Waals surface area contributed by atoms with Crippen molar-refractivity contribution in [1.29, 1.82) is 0 Å². The molecule has 0 bridgehead atoms. The standard InChI is InChI=1S/C30H32N2O3/c1-4-5-6-7-18-12-17-23-27-24(18)25(19-8-13-21(34-2)14-9-19)28(31)26(29(27)32-30(23)33)20-10-15-22(35-3)16-11-20/h8-17,23,27H,4-7,31H2,1-3H3,(H,32,33). The summed E-state index contributed by atoms with van der Waals surface area (Å²) in [5, 5.41) is 3.20. The summed E-state index contributed by atoms with van der Waals surface area (Å²) in [6, 6.07) is 15.9. The molecule has 1 amide bonds. The molecule has 2 atom stereocenters. The summed E-state index contributed by atoms with van der Waals surface area (Å²) >= 11 is 0. The number of nitrogens with two attached hydrogens (primary N) is 1. The molecule has 1 aliphatic heterocycles. The maximum atomic E-state index is 13.1. The van der Waals surface area contributed by atoms with Crippen LogP contribution in [0, 0.1) is 11.8 Å². The van der Waals surface area contributed by atoms with Crippen molar-refractivity contribution in [2.24, 2.45) is 17.6 Å². The summed E-state index contributed by atoms with van der Waals surface area (Å²) in [5.74, 6) is 1.31. The number of rotatable bonds is 8. The molecular formula is C30H32N2O3. The Bertz CT molecular complexity index is 1260. The largest absolute Gasteiger partial charge is 0.497 e. The molecule has 1 fully saturated rings. The third kappa shape index (κ3) is 3.95. The molecule has 5 heteroatoms. The van der Waals surface area contributed by atoms with Gasteiger partial charge in [0.15, 0.2) is 0 Å². The number of amides is 1. The van der Waals surface area contributed by atoms with Crippen LogP contribution in [-0.2, 0) is 4.79 Å². The summed E-state index contributed by atoms with van der Waals surface area (Å²) in [6.45, 7) is 2.22. The Balaban J connectivity index is 1.74. The number of hydrogen-bond donors (Lipinski definition) is 2. The molecule has 2 aromatic rings. The molecule has 1 heterocycles. The lowest BCUT2D eigenvalue weighted by atomic mass is 9.69. The van der Waals surface area contributed by atoms with E-state index >= 15 is 0 Å². The van der Waals surface area contributed by atoms with Gasteiger partial charge in [0.25, 0.3) is 0 Å². The van der Waals surface area contributed by atoms with E-state index in [-0.39, 0.29) is 17.7 Å². The first-order valence-corrected chi connectivity index (χ1v) is 12.3. The second kappa shape index (κ2) is 9.49. The van der Waals surface area contributed by atoms with Gasteiger partial charge in [0.1, 0.15) is 11.5 Å². The molecule has 0 aromatic heterocycles. The summed E-state index contributed by atoms with van der Waals surface area (Å²) in [7, 11) is 3.32. The van der Waals surface area contributed by atoms with E-state index < -0.39 is 0 Å². The van der Waals surface area contributed by atoms with Crippen LogP contribution in [0.5, 0.6) is 11.5 Å². The van der Waals surface area contributed by atoms with Crippen LogP contribution in [0.15, 0.2) is 83.2 Å². The second-order valence-corrected chi connectivity index (χ2v) is 9.28. The van der Waals surface area contributed by atoms with Crippen LogP contribution in [0.4, 0.5) is 0 Å². The van der Waals surface area contributed by atoms with Gasteiger partial charge in [-0.15, -0.1) is 0 Å². The second-order valence-electron chi connectivity index (χ2n) is 9.28. The minimum Gasteiger partial charge on any atom is -0.497 e. The van der Waals surface area contributed by atoms with Crippen LogP contribution < -0.4 is 20.5 Å². The Kier molecular flexibility index (Phi) is 6.25. The zero-order valence-corrected chi connectivity index (χ0v) is 20.6. The normalized spacial score (nSPS) is 20.8. The smallest absolute Gasteiger partial charge is 0.232 e. The highest BCUT2D eigenvalue weighted by atomic mass is 16.5. The van der Waals surface area contributed by atoms with Gasteiger partial charge in [-0.05, 0) is 59.4 Å². The van der Waals surface area contributed by atoms with E-state index in [1.807, 2.05) is 36.4 Å². The third-order valence-corrected chi connectivity index (χ3v) is 7.28. The number of unbranched alkanes of at least 4 members (excludes halogenated alkanes) is 2. The van der Waals surface area contributed by atoms with Gasteiger partial charge in [-0.2, -0.15) is 0 Å². The zero-order valence-electron chi connectivity index (χ0n) is 20.6. The summed E-state index contributed by atoms with van der Waals surface area (Å²) < 4.78 is 10.8. The van der Waals surface area contributed by atoms with E-state index in [1.165, 1.54) is 17.6 Å². The fourth-order valence-corrected chi connectivity index (χ4v) is 5.53. The molecule has 5 nitrogen and oxygen atoms in total. The molecule has 2 unspecified atom stereocenters. The number of benzene rings is 2. The van der Waals surface area contributed by atoms with Gasteiger partial charge in [0.2, 0.25) is 5.91 Å². The monoisotopic (exact) mass is 468 g/mol. The van der Waals surface area contributed by atoms with Crippen molar-refractivity contribution in [3.05, 3.63) is 94.4 Å². The highest BCUT2D eigenvalue weighted by Gasteiger charge is 2.47. The molecule has 3 aliphatic rings. The summed E-state index contributed by atoms with van der Waals surface area (Å²) in [5.41, 5.74) is 15.0. The van der Waals surface area contributed by atoms with Crippen molar-refractivity contribution in [3.8, 4) is 11.5 Å². The number of nitrogens with one attached hydrogen (secondary N) is 1.